The van der Waals surface area contributed by atoms with Gasteiger partial charge in [0, 0.05) is 35.9 Å². The first kappa shape index (κ1) is 23.0. The molecular formula is C20H22ClN3O6S. The van der Waals surface area contributed by atoms with Gasteiger partial charge in [-0.05, 0) is 44.0 Å². The molecule has 1 heterocycles. The Balaban J connectivity index is 1.78. The van der Waals surface area contributed by atoms with Gasteiger partial charge in [-0.25, -0.2) is 8.42 Å². The molecule has 1 amide bonds. The van der Waals surface area contributed by atoms with Crippen molar-refractivity contribution in [3.8, 4) is 5.75 Å². The van der Waals surface area contributed by atoms with Gasteiger partial charge in [0.05, 0.1) is 17.4 Å². The van der Waals surface area contributed by atoms with Crippen molar-refractivity contribution in [1.82, 2.24) is 4.31 Å². The maximum atomic E-state index is 13.3. The number of nitrogens with zero attached hydrogens (tertiary/aromatic N) is 2. The molecule has 1 aliphatic heterocycles. The third-order valence-electron chi connectivity index (χ3n) is 4.90. The van der Waals surface area contributed by atoms with E-state index in [1.54, 1.807) is 19.1 Å². The van der Waals surface area contributed by atoms with Gasteiger partial charge < -0.3 is 10.1 Å². The molecule has 0 aromatic heterocycles. The second kappa shape index (κ2) is 9.63. The van der Waals surface area contributed by atoms with E-state index in [4.69, 9.17) is 16.3 Å². The first-order chi connectivity index (χ1) is 14.7. The highest BCUT2D eigenvalue weighted by Gasteiger charge is 2.35. The lowest BCUT2D eigenvalue weighted by molar-refractivity contribution is -0.384. The molecule has 1 N–H and O–H groups in total. The first-order valence-electron chi connectivity index (χ1n) is 9.70. The van der Waals surface area contributed by atoms with Crippen LogP contribution in [0, 0.1) is 16.0 Å². The molecule has 3 rings (SSSR count). The smallest absolute Gasteiger partial charge is 0.271 e. The Morgan fingerprint density at radius 1 is 1.32 bits per heavy atom. The number of anilines is 1. The number of ether oxygens (including phenoxy) is 1. The minimum atomic E-state index is -3.94. The molecule has 166 valence electrons. The van der Waals surface area contributed by atoms with Crippen molar-refractivity contribution in [2.75, 3.05) is 25.0 Å². The van der Waals surface area contributed by atoms with E-state index in [2.05, 4.69) is 5.32 Å². The summed E-state index contributed by atoms with van der Waals surface area (Å²) in [6.45, 7) is 2.29. The SMILES string of the molecule is CCOc1ccc(Cl)cc1S(=O)(=O)N1CCC[C@H](C(=O)Nc2cccc([N+](=O)[O-])c2)C1. The van der Waals surface area contributed by atoms with Crippen molar-refractivity contribution < 1.29 is 22.9 Å². The molecule has 1 fully saturated rings. The van der Waals surface area contributed by atoms with Crippen molar-refractivity contribution in [1.29, 1.82) is 0 Å². The van der Waals surface area contributed by atoms with Gasteiger partial charge in [0.15, 0.2) is 0 Å². The van der Waals surface area contributed by atoms with Gasteiger partial charge in [-0.1, -0.05) is 17.7 Å². The first-order valence-corrected chi connectivity index (χ1v) is 11.5. The number of carbonyl (C=O) groups is 1. The number of nitro groups is 1. The monoisotopic (exact) mass is 467 g/mol. The van der Waals surface area contributed by atoms with Gasteiger partial charge in [-0.2, -0.15) is 4.31 Å². The summed E-state index contributed by atoms with van der Waals surface area (Å²) in [7, 11) is -3.94. The van der Waals surface area contributed by atoms with E-state index < -0.39 is 26.8 Å². The normalized spacial score (nSPS) is 17.2. The number of nitro benzene ring substituents is 1. The summed E-state index contributed by atoms with van der Waals surface area (Å²) >= 11 is 6.02. The van der Waals surface area contributed by atoms with E-state index in [9.17, 15) is 23.3 Å². The Morgan fingerprint density at radius 2 is 2.10 bits per heavy atom. The fraction of sp³-hybridized carbons (Fsp3) is 0.350. The summed E-state index contributed by atoms with van der Waals surface area (Å²) < 4.78 is 33.2. The second-order valence-electron chi connectivity index (χ2n) is 7.02. The maximum absolute atomic E-state index is 13.3. The Morgan fingerprint density at radius 3 is 2.81 bits per heavy atom. The van der Waals surface area contributed by atoms with Crippen LogP contribution in [0.25, 0.3) is 0 Å². The molecule has 1 saturated heterocycles. The Bertz CT molecular complexity index is 1090. The fourth-order valence-electron chi connectivity index (χ4n) is 3.41. The van der Waals surface area contributed by atoms with E-state index in [1.165, 1.54) is 34.6 Å². The summed E-state index contributed by atoms with van der Waals surface area (Å²) in [6, 6.07) is 10.0. The predicted octanol–water partition coefficient (Wildman–Crippen LogP) is 3.69. The molecule has 0 aliphatic carbocycles. The van der Waals surface area contributed by atoms with E-state index in [0.717, 1.165) is 0 Å². The average Bonchev–Trinajstić information content (AvgIpc) is 2.75. The summed E-state index contributed by atoms with van der Waals surface area (Å²) in [5.41, 5.74) is 0.141. The molecule has 31 heavy (non-hydrogen) atoms. The Kier molecular flexibility index (Phi) is 7.14. The van der Waals surface area contributed by atoms with Crippen molar-refractivity contribution in [3.05, 3.63) is 57.6 Å². The van der Waals surface area contributed by atoms with E-state index in [0.29, 0.717) is 19.4 Å². The number of nitrogens with one attached hydrogen (secondary N) is 1. The quantitative estimate of drug-likeness (QED) is 0.490. The zero-order valence-electron chi connectivity index (χ0n) is 16.8. The third-order valence-corrected chi connectivity index (χ3v) is 7.02. The minimum absolute atomic E-state index is 0.0127. The molecule has 0 bridgehead atoms. The lowest BCUT2D eigenvalue weighted by atomic mass is 9.98. The van der Waals surface area contributed by atoms with Crippen molar-refractivity contribution in [2.45, 2.75) is 24.7 Å². The molecule has 1 aliphatic rings. The largest absolute Gasteiger partial charge is 0.492 e. The lowest BCUT2D eigenvalue weighted by Gasteiger charge is -2.31. The van der Waals surface area contributed by atoms with Crippen LogP contribution in [-0.2, 0) is 14.8 Å². The molecule has 9 nitrogen and oxygen atoms in total. The highest BCUT2D eigenvalue weighted by atomic mass is 35.5. The van der Waals surface area contributed by atoms with Crippen LogP contribution in [0.3, 0.4) is 0 Å². The number of non-ortho nitro benzene ring substituents is 1. The maximum Gasteiger partial charge on any atom is 0.271 e. The molecule has 0 spiro atoms. The van der Waals surface area contributed by atoms with Crippen LogP contribution in [0.2, 0.25) is 5.02 Å². The van der Waals surface area contributed by atoms with Gasteiger partial charge in [0.2, 0.25) is 15.9 Å². The van der Waals surface area contributed by atoms with Crippen LogP contribution < -0.4 is 10.1 Å². The number of rotatable bonds is 7. The van der Waals surface area contributed by atoms with Crippen LogP contribution in [0.5, 0.6) is 5.75 Å². The van der Waals surface area contributed by atoms with E-state index >= 15 is 0 Å². The van der Waals surface area contributed by atoms with Crippen molar-refractivity contribution >= 4 is 38.9 Å². The molecule has 2 aromatic rings. The fourth-order valence-corrected chi connectivity index (χ4v) is 5.33. The molecule has 0 unspecified atom stereocenters. The molecule has 1 atom stereocenters. The van der Waals surface area contributed by atoms with Gasteiger partial charge in [0.25, 0.3) is 5.69 Å². The van der Waals surface area contributed by atoms with Gasteiger partial charge >= 0.3 is 0 Å². The molecule has 2 aromatic carbocycles. The van der Waals surface area contributed by atoms with E-state index in [1.807, 2.05) is 0 Å². The Labute approximate surface area is 185 Å². The number of hydrogen-bond donors (Lipinski definition) is 1. The second-order valence-corrected chi connectivity index (χ2v) is 9.37. The van der Waals surface area contributed by atoms with Crippen molar-refractivity contribution in [2.24, 2.45) is 5.92 Å². The highest BCUT2D eigenvalue weighted by Crippen LogP contribution is 2.32. The summed E-state index contributed by atoms with van der Waals surface area (Å²) in [5, 5.41) is 13.8. The highest BCUT2D eigenvalue weighted by molar-refractivity contribution is 7.89. The Hall–Kier alpha value is -2.69. The molecule has 0 radical (unpaired) electrons. The van der Waals surface area contributed by atoms with Gasteiger partial charge in [-0.15, -0.1) is 0 Å². The van der Waals surface area contributed by atoms with Gasteiger partial charge in [-0.3, -0.25) is 14.9 Å². The van der Waals surface area contributed by atoms with Crippen LogP contribution in [0.15, 0.2) is 47.4 Å². The standard InChI is InChI=1S/C20H22ClN3O6S/c1-2-30-18-9-8-15(21)11-19(18)31(28,29)23-10-4-5-14(13-23)20(25)22-16-6-3-7-17(12-16)24(26)27/h3,6-9,11-12,14H,2,4-5,10,13H2,1H3,(H,22,25)/t14-/m0/s1. The lowest BCUT2D eigenvalue weighted by Crippen LogP contribution is -2.43. The minimum Gasteiger partial charge on any atom is -0.492 e. The van der Waals surface area contributed by atoms with E-state index in [-0.39, 0.29) is 40.1 Å². The van der Waals surface area contributed by atoms with Crippen LogP contribution in [-0.4, -0.2) is 43.2 Å². The van der Waals surface area contributed by atoms with Gasteiger partial charge in [0.1, 0.15) is 10.6 Å². The topological polar surface area (TPSA) is 119 Å². The average molecular weight is 468 g/mol. The number of hydrogen-bond acceptors (Lipinski definition) is 6. The van der Waals surface area contributed by atoms with Crippen LogP contribution in [0.1, 0.15) is 19.8 Å². The predicted molar refractivity (Wildman–Crippen MR) is 116 cm³/mol. The number of benzene rings is 2. The number of sulfonamides is 1. The number of piperidine rings is 1. The van der Waals surface area contributed by atoms with Crippen LogP contribution >= 0.6 is 11.6 Å². The number of amides is 1. The molecule has 11 heteroatoms. The molecular weight excluding hydrogens is 446 g/mol. The summed E-state index contributed by atoms with van der Waals surface area (Å²) in [5.74, 6) is -0.788. The number of halogens is 1. The summed E-state index contributed by atoms with van der Waals surface area (Å²) in [6.07, 6.45) is 0.997. The third kappa shape index (κ3) is 5.33. The number of carbonyl (C=O) groups excluding carboxylic acids is 1. The van der Waals surface area contributed by atoms with Crippen molar-refractivity contribution in [3.63, 3.8) is 0 Å². The zero-order valence-corrected chi connectivity index (χ0v) is 18.4. The zero-order chi connectivity index (χ0) is 22.6. The van der Waals surface area contributed by atoms with Crippen LogP contribution in [0.4, 0.5) is 11.4 Å². The molecule has 0 saturated carbocycles. The summed E-state index contributed by atoms with van der Waals surface area (Å²) in [4.78, 5) is 23.1.